The van der Waals surface area contributed by atoms with Crippen molar-refractivity contribution in [1.82, 2.24) is 9.29 Å². The summed E-state index contributed by atoms with van der Waals surface area (Å²) >= 11 is 3.19. The molecule has 2 aromatic rings. The van der Waals surface area contributed by atoms with Crippen LogP contribution in [0, 0.1) is 5.92 Å². The number of carbonyl (C=O) groups is 1. The van der Waals surface area contributed by atoms with Crippen molar-refractivity contribution in [2.75, 3.05) is 30.9 Å². The zero-order valence-corrected chi connectivity index (χ0v) is 15.9. The predicted octanol–water partition coefficient (Wildman–Crippen LogP) is 2.63. The number of thioether (sulfide) groups is 1. The van der Waals surface area contributed by atoms with Gasteiger partial charge in [-0.25, -0.2) is 17.7 Å². The Morgan fingerprint density at radius 2 is 2.25 bits per heavy atom. The van der Waals surface area contributed by atoms with Crippen LogP contribution in [0.15, 0.2) is 22.5 Å². The van der Waals surface area contributed by atoms with Gasteiger partial charge in [0.05, 0.1) is 22.4 Å². The molecular formula is C15H19N3O3S3. The Morgan fingerprint density at radius 1 is 1.46 bits per heavy atom. The van der Waals surface area contributed by atoms with Gasteiger partial charge in [0.1, 0.15) is 0 Å². The summed E-state index contributed by atoms with van der Waals surface area (Å²) in [4.78, 5) is 17.0. The number of carbonyl (C=O) groups excluding carboxylic acids is 1. The molecule has 1 atom stereocenters. The third kappa shape index (κ3) is 3.90. The molecule has 1 aliphatic heterocycles. The maximum atomic E-state index is 12.5. The van der Waals surface area contributed by atoms with Crippen LogP contribution in [-0.2, 0) is 14.8 Å². The Balaban J connectivity index is 1.72. The normalized spacial score (nSPS) is 19.5. The number of sulfonamides is 1. The summed E-state index contributed by atoms with van der Waals surface area (Å²) in [5, 5.41) is 2.91. The number of aromatic nitrogens is 1. The van der Waals surface area contributed by atoms with Gasteiger partial charge >= 0.3 is 0 Å². The second-order valence-corrected chi connectivity index (χ2v) is 9.88. The van der Waals surface area contributed by atoms with Gasteiger partial charge in [0.15, 0.2) is 4.34 Å². The number of anilines is 1. The first kappa shape index (κ1) is 17.7. The Bertz CT molecular complexity index is 863. The van der Waals surface area contributed by atoms with E-state index >= 15 is 0 Å². The van der Waals surface area contributed by atoms with Gasteiger partial charge in [-0.2, -0.15) is 0 Å². The van der Waals surface area contributed by atoms with Crippen LogP contribution in [0.5, 0.6) is 0 Å². The van der Waals surface area contributed by atoms with Crippen molar-refractivity contribution in [1.29, 1.82) is 0 Å². The molecule has 0 radical (unpaired) electrons. The molecule has 1 N–H and O–H groups in total. The number of piperidine rings is 1. The van der Waals surface area contributed by atoms with E-state index in [1.165, 1.54) is 10.6 Å². The number of nitrogens with zero attached hydrogens (tertiary/aromatic N) is 2. The lowest BCUT2D eigenvalue weighted by Crippen LogP contribution is -2.43. The molecule has 130 valence electrons. The van der Waals surface area contributed by atoms with Crippen LogP contribution >= 0.6 is 23.1 Å². The van der Waals surface area contributed by atoms with Crippen molar-refractivity contribution in [2.24, 2.45) is 5.92 Å². The quantitative estimate of drug-likeness (QED) is 0.819. The van der Waals surface area contributed by atoms with Crippen LogP contribution in [0.3, 0.4) is 0 Å². The Morgan fingerprint density at radius 3 is 2.96 bits per heavy atom. The minimum absolute atomic E-state index is 0.127. The Hall–Kier alpha value is -1.16. The lowest BCUT2D eigenvalue weighted by Gasteiger charge is -2.30. The third-order valence-electron chi connectivity index (χ3n) is 4.03. The molecule has 9 heteroatoms. The fraction of sp³-hybridized carbons (Fsp3) is 0.467. The molecule has 1 aromatic carbocycles. The summed E-state index contributed by atoms with van der Waals surface area (Å²) in [5.74, 6) is -0.440. The molecule has 3 rings (SSSR count). The summed E-state index contributed by atoms with van der Waals surface area (Å²) in [6.07, 6.45) is 4.58. The SMILES string of the molecule is CSc1nc2ccc(NC(=O)[C@@H]3CCCN(S(C)(=O)=O)C3)cc2s1. The third-order valence-corrected chi connectivity index (χ3v) is 7.31. The van der Waals surface area contributed by atoms with E-state index in [-0.39, 0.29) is 18.4 Å². The van der Waals surface area contributed by atoms with Gasteiger partial charge < -0.3 is 5.32 Å². The second kappa shape index (κ2) is 6.99. The minimum atomic E-state index is -3.25. The number of amides is 1. The van der Waals surface area contributed by atoms with Crippen molar-refractivity contribution >= 4 is 54.9 Å². The molecule has 1 aliphatic rings. The van der Waals surface area contributed by atoms with E-state index in [1.54, 1.807) is 23.1 Å². The molecule has 0 unspecified atom stereocenters. The average Bonchev–Trinajstić information content (AvgIpc) is 2.96. The van der Waals surface area contributed by atoms with Crippen LogP contribution in [0.2, 0.25) is 0 Å². The van der Waals surface area contributed by atoms with Crippen molar-refractivity contribution in [3.8, 4) is 0 Å². The highest BCUT2D eigenvalue weighted by Gasteiger charge is 2.30. The first-order valence-corrected chi connectivity index (χ1v) is 11.5. The van der Waals surface area contributed by atoms with Gasteiger partial charge in [-0.3, -0.25) is 4.79 Å². The summed E-state index contributed by atoms with van der Waals surface area (Å²) in [7, 11) is -3.25. The highest BCUT2D eigenvalue weighted by molar-refractivity contribution is 8.00. The number of fused-ring (bicyclic) bond motifs is 1. The first-order chi connectivity index (χ1) is 11.4. The van der Waals surface area contributed by atoms with Crippen molar-refractivity contribution in [2.45, 2.75) is 17.2 Å². The number of thiazole rings is 1. The van der Waals surface area contributed by atoms with E-state index in [0.717, 1.165) is 20.2 Å². The number of hydrogen-bond acceptors (Lipinski definition) is 6. The van der Waals surface area contributed by atoms with Gasteiger partial charge in [0.25, 0.3) is 0 Å². The summed E-state index contributed by atoms with van der Waals surface area (Å²) < 4.78 is 26.8. The first-order valence-electron chi connectivity index (χ1n) is 7.57. The molecule has 0 bridgehead atoms. The average molecular weight is 386 g/mol. The molecule has 0 spiro atoms. The van der Waals surface area contributed by atoms with Gasteiger partial charge in [-0.05, 0) is 37.3 Å². The number of nitrogens with one attached hydrogen (secondary N) is 1. The zero-order chi connectivity index (χ0) is 17.3. The van der Waals surface area contributed by atoms with Crippen LogP contribution in [0.4, 0.5) is 5.69 Å². The standard InChI is InChI=1S/C15H19N3O3S3/c1-22-15-17-12-6-5-11(8-13(12)23-15)16-14(19)10-4-3-7-18(9-10)24(2,20)21/h5-6,8,10H,3-4,7,9H2,1-2H3,(H,16,19)/t10-/m1/s1. The predicted molar refractivity (Wildman–Crippen MR) is 99.2 cm³/mol. The van der Waals surface area contributed by atoms with Crippen molar-refractivity contribution in [3.63, 3.8) is 0 Å². The molecule has 1 fully saturated rings. The Labute approximate surface area is 149 Å². The Kier molecular flexibility index (Phi) is 5.14. The topological polar surface area (TPSA) is 79.4 Å². The van der Waals surface area contributed by atoms with E-state index in [2.05, 4.69) is 10.3 Å². The van der Waals surface area contributed by atoms with E-state index in [1.807, 2.05) is 24.5 Å². The fourth-order valence-electron chi connectivity index (χ4n) is 2.77. The summed E-state index contributed by atoms with van der Waals surface area (Å²) in [6.45, 7) is 0.747. The van der Waals surface area contributed by atoms with E-state index in [4.69, 9.17) is 0 Å². The van der Waals surface area contributed by atoms with Crippen molar-refractivity contribution in [3.05, 3.63) is 18.2 Å². The molecule has 1 saturated heterocycles. The maximum absolute atomic E-state index is 12.5. The van der Waals surface area contributed by atoms with Gasteiger partial charge in [-0.15, -0.1) is 11.3 Å². The molecule has 2 heterocycles. The molecule has 1 aromatic heterocycles. The number of rotatable bonds is 4. The number of benzene rings is 1. The molecule has 1 amide bonds. The van der Waals surface area contributed by atoms with Crippen LogP contribution in [0.1, 0.15) is 12.8 Å². The minimum Gasteiger partial charge on any atom is -0.326 e. The molecule has 0 saturated carbocycles. The van der Waals surface area contributed by atoms with Crippen LogP contribution in [0.25, 0.3) is 10.2 Å². The van der Waals surface area contributed by atoms with Crippen LogP contribution < -0.4 is 5.32 Å². The maximum Gasteiger partial charge on any atom is 0.228 e. The zero-order valence-electron chi connectivity index (χ0n) is 13.5. The molecule has 24 heavy (non-hydrogen) atoms. The largest absolute Gasteiger partial charge is 0.326 e. The number of hydrogen-bond donors (Lipinski definition) is 1. The van der Waals surface area contributed by atoms with Gasteiger partial charge in [-0.1, -0.05) is 11.8 Å². The smallest absolute Gasteiger partial charge is 0.228 e. The van der Waals surface area contributed by atoms with Crippen LogP contribution in [-0.4, -0.2) is 49.2 Å². The van der Waals surface area contributed by atoms with Crippen molar-refractivity contribution < 1.29 is 13.2 Å². The molecule has 6 nitrogen and oxygen atoms in total. The molecule has 0 aliphatic carbocycles. The second-order valence-electron chi connectivity index (χ2n) is 5.82. The molecular weight excluding hydrogens is 366 g/mol. The van der Waals surface area contributed by atoms with Gasteiger partial charge in [0.2, 0.25) is 15.9 Å². The fourth-order valence-corrected chi connectivity index (χ4v) is 5.21. The highest BCUT2D eigenvalue weighted by atomic mass is 32.2. The monoisotopic (exact) mass is 385 g/mol. The van der Waals surface area contributed by atoms with Gasteiger partial charge in [0, 0.05) is 18.8 Å². The summed E-state index contributed by atoms with van der Waals surface area (Å²) in [6, 6.07) is 5.65. The highest BCUT2D eigenvalue weighted by Crippen LogP contribution is 2.30. The summed E-state index contributed by atoms with van der Waals surface area (Å²) in [5.41, 5.74) is 1.64. The lowest BCUT2D eigenvalue weighted by molar-refractivity contribution is -0.120. The van der Waals surface area contributed by atoms with E-state index < -0.39 is 10.0 Å². The lowest BCUT2D eigenvalue weighted by atomic mass is 9.99. The van der Waals surface area contributed by atoms with E-state index in [0.29, 0.717) is 19.4 Å². The van der Waals surface area contributed by atoms with E-state index in [9.17, 15) is 13.2 Å².